The minimum Gasteiger partial charge on any atom is -0.508 e. The number of fused-ring (bicyclic) bond motifs is 1. The highest BCUT2D eigenvalue weighted by molar-refractivity contribution is 6.10. The van der Waals surface area contributed by atoms with Gasteiger partial charge in [-0.3, -0.25) is 9.59 Å². The van der Waals surface area contributed by atoms with E-state index >= 15 is 0 Å². The van der Waals surface area contributed by atoms with Crippen LogP contribution >= 0.6 is 0 Å². The summed E-state index contributed by atoms with van der Waals surface area (Å²) in [7, 11) is 0. The molecule has 1 aliphatic heterocycles. The largest absolute Gasteiger partial charge is 0.508 e. The van der Waals surface area contributed by atoms with E-state index in [0.717, 1.165) is 28.2 Å². The first-order chi connectivity index (χ1) is 18.1. The van der Waals surface area contributed by atoms with Crippen molar-refractivity contribution in [3.8, 4) is 5.75 Å². The molecule has 0 amide bonds. The molecule has 4 aromatic rings. The van der Waals surface area contributed by atoms with Gasteiger partial charge < -0.3 is 15.7 Å². The molecule has 2 atom stereocenters. The average molecular weight is 487 g/mol. The maximum absolute atomic E-state index is 13.7. The predicted molar refractivity (Wildman–Crippen MR) is 145 cm³/mol. The van der Waals surface area contributed by atoms with Crippen molar-refractivity contribution in [3.05, 3.63) is 137 Å². The molecule has 0 spiro atoms. The quantitative estimate of drug-likeness (QED) is 0.283. The van der Waals surface area contributed by atoms with Gasteiger partial charge in [0.2, 0.25) is 0 Å². The molecule has 1 heterocycles. The van der Waals surface area contributed by atoms with Crippen LogP contribution in [0.15, 0.2) is 114 Å². The Morgan fingerprint density at radius 3 is 2.16 bits per heavy atom. The summed E-state index contributed by atoms with van der Waals surface area (Å²) in [5.41, 5.74) is 6.35. The number of aromatic hydroxyl groups is 1. The molecule has 0 radical (unpaired) electrons. The molecule has 182 valence electrons. The summed E-state index contributed by atoms with van der Waals surface area (Å²) in [6, 6.07) is 31.5. The van der Waals surface area contributed by atoms with Crippen molar-refractivity contribution in [2.45, 2.75) is 24.8 Å². The Labute approximate surface area is 215 Å². The van der Waals surface area contributed by atoms with Gasteiger partial charge in [0.25, 0.3) is 0 Å². The number of ketones is 2. The van der Waals surface area contributed by atoms with Gasteiger partial charge in [-0.15, -0.1) is 0 Å². The van der Waals surface area contributed by atoms with E-state index in [1.165, 1.54) is 0 Å². The van der Waals surface area contributed by atoms with Gasteiger partial charge in [-0.2, -0.15) is 0 Å². The third kappa shape index (κ3) is 4.40. The Morgan fingerprint density at radius 1 is 0.730 bits per heavy atom. The van der Waals surface area contributed by atoms with Crippen molar-refractivity contribution in [2.24, 2.45) is 0 Å². The number of phenolic OH excluding ortho intramolecular Hbond substituents is 1. The molecule has 0 aromatic heterocycles. The number of rotatable bonds is 4. The highest BCUT2D eigenvalue weighted by Gasteiger charge is 2.36. The van der Waals surface area contributed by atoms with Gasteiger partial charge in [0, 0.05) is 28.8 Å². The second-order valence-corrected chi connectivity index (χ2v) is 9.58. The van der Waals surface area contributed by atoms with Crippen LogP contribution in [-0.4, -0.2) is 16.7 Å². The Bertz CT molecular complexity index is 1510. The molecule has 0 saturated carbocycles. The van der Waals surface area contributed by atoms with E-state index in [4.69, 9.17) is 0 Å². The predicted octanol–water partition coefficient (Wildman–Crippen LogP) is 6.60. The Balaban J connectivity index is 1.44. The summed E-state index contributed by atoms with van der Waals surface area (Å²) in [6.07, 6.45) is 1.10. The lowest BCUT2D eigenvalue weighted by atomic mass is 9.78. The summed E-state index contributed by atoms with van der Waals surface area (Å²) in [5, 5.41) is 16.9. The van der Waals surface area contributed by atoms with Crippen LogP contribution in [-0.2, 0) is 4.79 Å². The van der Waals surface area contributed by atoms with Crippen LogP contribution in [0.5, 0.6) is 5.75 Å². The maximum atomic E-state index is 13.7. The van der Waals surface area contributed by atoms with Gasteiger partial charge in [0.05, 0.1) is 17.4 Å². The highest BCUT2D eigenvalue weighted by atomic mass is 16.3. The second kappa shape index (κ2) is 9.43. The van der Waals surface area contributed by atoms with Gasteiger partial charge in [0.1, 0.15) is 5.75 Å². The fourth-order valence-corrected chi connectivity index (χ4v) is 5.32. The van der Waals surface area contributed by atoms with Gasteiger partial charge in [-0.05, 0) is 53.8 Å². The first-order valence-electron chi connectivity index (χ1n) is 12.4. The average Bonchev–Trinajstić information content (AvgIpc) is 3.10. The number of benzene rings is 4. The lowest BCUT2D eigenvalue weighted by Gasteiger charge is -2.30. The summed E-state index contributed by atoms with van der Waals surface area (Å²) < 4.78 is 0. The van der Waals surface area contributed by atoms with Crippen molar-refractivity contribution in [3.63, 3.8) is 0 Å². The monoisotopic (exact) mass is 486 g/mol. The molecule has 5 heteroatoms. The number of Topliss-reactive ketones (excluding diaryl/α,β-unsaturated/α-hetero) is 1. The second-order valence-electron chi connectivity index (χ2n) is 9.58. The molecular weight excluding hydrogens is 460 g/mol. The number of nitrogens with one attached hydrogen (secondary N) is 2. The van der Waals surface area contributed by atoms with Crippen LogP contribution in [0.2, 0.25) is 0 Å². The number of anilines is 2. The molecule has 4 aromatic carbocycles. The molecular formula is C32H26N2O3. The van der Waals surface area contributed by atoms with Crippen molar-refractivity contribution in [2.75, 3.05) is 10.6 Å². The van der Waals surface area contributed by atoms with Crippen LogP contribution < -0.4 is 10.6 Å². The van der Waals surface area contributed by atoms with E-state index in [-0.39, 0.29) is 29.3 Å². The molecule has 0 fully saturated rings. The molecule has 6 rings (SSSR count). The summed E-state index contributed by atoms with van der Waals surface area (Å²) in [6.45, 7) is 0. The van der Waals surface area contributed by atoms with E-state index in [2.05, 4.69) is 22.8 Å². The standard InChI is InChI=1S/C32H26N2O3/c35-25-14-11-21(12-15-25)31-30-28(18-24(19-29(30)36)20-7-3-1-4-8-20)33-27-17-23(13-16-26(27)34-31)32(37)22-9-5-2-6-10-22/h1-17,24,31,33-35H,18-19H2/t24-,31+/m0/s1. The van der Waals surface area contributed by atoms with Crippen molar-refractivity contribution >= 4 is 22.9 Å². The third-order valence-corrected chi connectivity index (χ3v) is 7.20. The van der Waals surface area contributed by atoms with Gasteiger partial charge in [-0.1, -0.05) is 72.8 Å². The summed E-state index contributed by atoms with van der Waals surface area (Å²) >= 11 is 0. The highest BCUT2D eigenvalue weighted by Crippen LogP contribution is 2.44. The van der Waals surface area contributed by atoms with Gasteiger partial charge in [0.15, 0.2) is 11.6 Å². The zero-order valence-corrected chi connectivity index (χ0v) is 20.1. The third-order valence-electron chi connectivity index (χ3n) is 7.20. The molecule has 2 aliphatic rings. The Kier molecular flexibility index (Phi) is 5.81. The normalized spacial score (nSPS) is 18.6. The van der Waals surface area contributed by atoms with Crippen LogP contribution in [0.3, 0.4) is 0 Å². The summed E-state index contributed by atoms with van der Waals surface area (Å²) in [5.74, 6) is 0.270. The molecule has 37 heavy (non-hydrogen) atoms. The number of hydrogen-bond acceptors (Lipinski definition) is 5. The van der Waals surface area contributed by atoms with Crippen molar-refractivity contribution in [1.29, 1.82) is 0 Å². The van der Waals surface area contributed by atoms with E-state index in [1.807, 2.05) is 78.9 Å². The minimum atomic E-state index is -0.385. The zero-order valence-electron chi connectivity index (χ0n) is 20.1. The molecule has 0 saturated heterocycles. The lowest BCUT2D eigenvalue weighted by molar-refractivity contribution is -0.116. The van der Waals surface area contributed by atoms with Crippen LogP contribution in [0.1, 0.15) is 51.8 Å². The molecule has 3 N–H and O–H groups in total. The summed E-state index contributed by atoms with van der Waals surface area (Å²) in [4.78, 5) is 26.9. The maximum Gasteiger partial charge on any atom is 0.193 e. The number of hydrogen-bond donors (Lipinski definition) is 3. The molecule has 5 nitrogen and oxygen atoms in total. The van der Waals surface area contributed by atoms with Crippen molar-refractivity contribution in [1.82, 2.24) is 0 Å². The fraction of sp³-hybridized carbons (Fsp3) is 0.125. The van der Waals surface area contributed by atoms with E-state index < -0.39 is 0 Å². The first kappa shape index (κ1) is 22.8. The first-order valence-corrected chi connectivity index (χ1v) is 12.4. The topological polar surface area (TPSA) is 78.4 Å². The van der Waals surface area contributed by atoms with Crippen molar-refractivity contribution < 1.29 is 14.7 Å². The Morgan fingerprint density at radius 2 is 1.43 bits per heavy atom. The zero-order chi connectivity index (χ0) is 25.4. The van der Waals surface area contributed by atoms with Gasteiger partial charge >= 0.3 is 0 Å². The van der Waals surface area contributed by atoms with E-state index in [9.17, 15) is 14.7 Å². The number of allylic oxidation sites excluding steroid dienone is 1. The minimum absolute atomic E-state index is 0.0550. The van der Waals surface area contributed by atoms with Gasteiger partial charge in [-0.25, -0.2) is 0 Å². The number of phenols is 1. The van der Waals surface area contributed by atoms with E-state index in [0.29, 0.717) is 29.5 Å². The molecule has 1 aliphatic carbocycles. The Hall–Kier alpha value is -4.64. The van der Waals surface area contributed by atoms with Crippen LogP contribution in [0.4, 0.5) is 11.4 Å². The molecule has 0 unspecified atom stereocenters. The molecule has 0 bridgehead atoms. The number of carbonyl (C=O) groups excluding carboxylic acids is 2. The SMILES string of the molecule is O=C1C[C@@H](c2ccccc2)CC2=C1[C@@H](c1ccc(O)cc1)Nc1ccc(C(=O)c3ccccc3)cc1N2. The van der Waals surface area contributed by atoms with Crippen LogP contribution in [0, 0.1) is 0 Å². The van der Waals surface area contributed by atoms with Crippen LogP contribution in [0.25, 0.3) is 0 Å². The van der Waals surface area contributed by atoms with E-state index in [1.54, 1.807) is 12.1 Å². The lowest BCUT2D eigenvalue weighted by Crippen LogP contribution is -2.26. The smallest absolute Gasteiger partial charge is 0.193 e. The fourth-order valence-electron chi connectivity index (χ4n) is 5.32. The number of carbonyl (C=O) groups is 2.